The van der Waals surface area contributed by atoms with Gasteiger partial charge in [0.15, 0.2) is 0 Å². The van der Waals surface area contributed by atoms with Crippen molar-refractivity contribution in [2.45, 2.75) is 19.3 Å². The maximum atomic E-state index is 9.44. The molecule has 11 aromatic rings. The number of fused-ring (bicyclic) bond motifs is 7. The smallest absolute Gasteiger partial charge is 0.0629 e. The zero-order valence-electron chi connectivity index (χ0n) is 34.9. The van der Waals surface area contributed by atoms with Crippen LogP contribution in [0.1, 0.15) is 38.8 Å². The first kappa shape index (κ1) is 31.6. The second-order valence-electron chi connectivity index (χ2n) is 16.4. The minimum absolute atomic E-state index is 0.195. The Labute approximate surface area is 346 Å². The molecule has 0 atom stereocenters. The standard InChI is InChI=1S/C57H40N2/c1-57(2)50-36-38(24-31-45(50)47-33-34-48-46-18-9-10-19-51(46)59(56(48)55(47)57)43-16-7-4-8-17-43)21-20-37-22-29-44(30-23-37)58(42-14-5-3-6-15-42)52-35-28-41-26-25-39-12-11-13-40-27-32-49(52)54(41)53(39)40/h3-36H,1-2H3/b21-20+/i20D,21D. The molecule has 2 heteroatoms. The zero-order chi connectivity index (χ0) is 41.0. The molecule has 0 bridgehead atoms. The molecule has 0 fully saturated rings. The van der Waals surface area contributed by atoms with Gasteiger partial charge < -0.3 is 9.47 Å². The summed E-state index contributed by atoms with van der Waals surface area (Å²) >= 11 is 0. The predicted molar refractivity (Wildman–Crippen MR) is 252 cm³/mol. The number of para-hydroxylation sites is 3. The van der Waals surface area contributed by atoms with Crippen LogP contribution in [0, 0.1) is 0 Å². The van der Waals surface area contributed by atoms with Crippen molar-refractivity contribution in [2.24, 2.45) is 0 Å². The third kappa shape index (κ3) is 5.06. The first-order chi connectivity index (χ1) is 29.9. The largest absolute Gasteiger partial charge is 0.310 e. The van der Waals surface area contributed by atoms with E-state index in [4.69, 9.17) is 0 Å². The van der Waals surface area contributed by atoms with Crippen molar-refractivity contribution in [3.8, 4) is 16.8 Å². The lowest BCUT2D eigenvalue weighted by molar-refractivity contribution is 0.663. The molecular formula is C57H40N2. The zero-order valence-corrected chi connectivity index (χ0v) is 32.9. The van der Waals surface area contributed by atoms with Crippen molar-refractivity contribution >= 4 is 83.3 Å². The Kier molecular flexibility index (Phi) is 6.86. The molecule has 278 valence electrons. The number of nitrogens with zero attached hydrogens (tertiary/aromatic N) is 2. The van der Waals surface area contributed by atoms with Gasteiger partial charge in [-0.1, -0.05) is 172 Å². The Morgan fingerprint density at radius 3 is 1.90 bits per heavy atom. The fraction of sp³-hybridized carbons (Fsp3) is 0.0526. The summed E-state index contributed by atoms with van der Waals surface area (Å²) in [5.74, 6) is 0. The normalized spacial score (nSPS) is 14.1. The van der Waals surface area contributed by atoms with E-state index in [-0.39, 0.29) is 17.5 Å². The minimum Gasteiger partial charge on any atom is -0.310 e. The molecule has 0 saturated heterocycles. The maximum Gasteiger partial charge on any atom is 0.0629 e. The highest BCUT2D eigenvalue weighted by atomic mass is 15.1. The molecule has 2 nitrogen and oxygen atoms in total. The van der Waals surface area contributed by atoms with Gasteiger partial charge in [-0.05, 0) is 109 Å². The molecule has 12 rings (SSSR count). The molecule has 1 heterocycles. The molecule has 0 spiro atoms. The van der Waals surface area contributed by atoms with Gasteiger partial charge in [-0.2, -0.15) is 0 Å². The fourth-order valence-corrected chi connectivity index (χ4v) is 10.0. The molecule has 0 saturated carbocycles. The number of benzene rings is 10. The molecule has 1 aromatic heterocycles. The third-order valence-electron chi connectivity index (χ3n) is 12.7. The van der Waals surface area contributed by atoms with Gasteiger partial charge >= 0.3 is 0 Å². The maximum absolute atomic E-state index is 9.44. The summed E-state index contributed by atoms with van der Waals surface area (Å²) in [6.07, 6.45) is 0. The van der Waals surface area contributed by atoms with E-state index in [2.05, 4.69) is 193 Å². The van der Waals surface area contributed by atoms with Crippen LogP contribution >= 0.6 is 0 Å². The van der Waals surface area contributed by atoms with Crippen LogP contribution < -0.4 is 4.90 Å². The minimum atomic E-state index is -0.350. The Bertz CT molecular complexity index is 3550. The highest BCUT2D eigenvalue weighted by Crippen LogP contribution is 2.53. The van der Waals surface area contributed by atoms with Crippen molar-refractivity contribution in [1.29, 1.82) is 0 Å². The quantitative estimate of drug-likeness (QED) is 0.121. The fourth-order valence-electron chi connectivity index (χ4n) is 10.0. The van der Waals surface area contributed by atoms with Crippen molar-refractivity contribution < 1.29 is 2.74 Å². The van der Waals surface area contributed by atoms with Crippen molar-refractivity contribution in [3.05, 3.63) is 216 Å². The van der Waals surface area contributed by atoms with E-state index >= 15 is 0 Å². The number of rotatable bonds is 6. The van der Waals surface area contributed by atoms with E-state index in [0.29, 0.717) is 5.56 Å². The molecule has 10 aromatic carbocycles. The van der Waals surface area contributed by atoms with Gasteiger partial charge in [0.1, 0.15) is 0 Å². The molecule has 0 radical (unpaired) electrons. The Balaban J connectivity index is 0.941. The lowest BCUT2D eigenvalue weighted by Gasteiger charge is -2.27. The van der Waals surface area contributed by atoms with Gasteiger partial charge in [0, 0.05) is 38.6 Å². The molecule has 0 aliphatic heterocycles. The predicted octanol–water partition coefficient (Wildman–Crippen LogP) is 15.6. The van der Waals surface area contributed by atoms with Crippen molar-refractivity contribution in [3.63, 3.8) is 0 Å². The molecule has 0 unspecified atom stereocenters. The summed E-state index contributed by atoms with van der Waals surface area (Å²) in [6, 6.07) is 69.2. The monoisotopic (exact) mass is 754 g/mol. The summed E-state index contributed by atoms with van der Waals surface area (Å²) in [5, 5.41) is 9.92. The SMILES string of the molecule is [2H]/C(=C(/[2H])c1ccc2c(c1)C(C)(C)c1c-2ccc2c3ccccc3n(-c3ccccc3)c12)c1ccc(N(c2ccccc2)c2ccc3ccc4cccc5ccc2c3c45)cc1. The summed E-state index contributed by atoms with van der Waals surface area (Å²) in [6.45, 7) is 4.61. The van der Waals surface area contributed by atoms with Gasteiger partial charge in [-0.3, -0.25) is 0 Å². The van der Waals surface area contributed by atoms with Crippen LogP contribution in [-0.2, 0) is 5.41 Å². The Morgan fingerprint density at radius 1 is 0.492 bits per heavy atom. The van der Waals surface area contributed by atoms with Gasteiger partial charge in [0.25, 0.3) is 0 Å². The highest BCUT2D eigenvalue weighted by molar-refractivity contribution is 6.25. The van der Waals surface area contributed by atoms with E-state index in [1.165, 1.54) is 76.4 Å². The van der Waals surface area contributed by atoms with E-state index < -0.39 is 0 Å². The molecule has 1 aliphatic rings. The molecule has 1 aliphatic carbocycles. The van der Waals surface area contributed by atoms with Gasteiger partial charge in [-0.25, -0.2) is 0 Å². The van der Waals surface area contributed by atoms with Crippen molar-refractivity contribution in [2.75, 3.05) is 4.90 Å². The average Bonchev–Trinajstić information content (AvgIpc) is 3.77. The molecule has 0 N–H and O–H groups in total. The average molecular weight is 755 g/mol. The number of hydrogen-bond donors (Lipinski definition) is 0. The molecule has 59 heavy (non-hydrogen) atoms. The topological polar surface area (TPSA) is 8.17 Å². The van der Waals surface area contributed by atoms with Crippen LogP contribution in [0.2, 0.25) is 0 Å². The van der Waals surface area contributed by atoms with Gasteiger partial charge in [0.05, 0.1) is 19.5 Å². The Hall–Kier alpha value is -7.42. The summed E-state index contributed by atoms with van der Waals surface area (Å²) in [7, 11) is 0. The number of anilines is 3. The van der Waals surface area contributed by atoms with Crippen LogP contribution in [0.5, 0.6) is 0 Å². The second kappa shape index (κ2) is 12.8. The van der Waals surface area contributed by atoms with Crippen LogP contribution in [0.15, 0.2) is 194 Å². The van der Waals surface area contributed by atoms with E-state index in [9.17, 15) is 2.74 Å². The van der Waals surface area contributed by atoms with E-state index in [1.807, 2.05) is 24.3 Å². The molecule has 0 amide bonds. The van der Waals surface area contributed by atoms with Crippen LogP contribution in [-0.4, -0.2) is 4.57 Å². The van der Waals surface area contributed by atoms with E-state index in [0.717, 1.165) is 28.3 Å². The highest BCUT2D eigenvalue weighted by Gasteiger charge is 2.38. The molecular weight excluding hydrogens is 713 g/mol. The summed E-state index contributed by atoms with van der Waals surface area (Å²) < 4.78 is 21.2. The van der Waals surface area contributed by atoms with Gasteiger partial charge in [-0.15, -0.1) is 0 Å². The van der Waals surface area contributed by atoms with Crippen LogP contribution in [0.25, 0.3) is 83.0 Å². The first-order valence-electron chi connectivity index (χ1n) is 21.4. The van der Waals surface area contributed by atoms with Crippen LogP contribution in [0.4, 0.5) is 17.1 Å². The Morgan fingerprint density at radius 2 is 1.10 bits per heavy atom. The number of aromatic nitrogens is 1. The summed E-state index contributed by atoms with van der Waals surface area (Å²) in [5.41, 5.74) is 12.7. The van der Waals surface area contributed by atoms with Gasteiger partial charge in [0.2, 0.25) is 0 Å². The van der Waals surface area contributed by atoms with Crippen LogP contribution in [0.3, 0.4) is 0 Å². The second-order valence-corrected chi connectivity index (χ2v) is 16.4. The lowest BCUT2D eigenvalue weighted by Crippen LogP contribution is -2.16. The number of hydrogen-bond acceptors (Lipinski definition) is 1. The first-order valence-corrected chi connectivity index (χ1v) is 20.4. The third-order valence-corrected chi connectivity index (χ3v) is 12.7. The van der Waals surface area contributed by atoms with E-state index in [1.54, 1.807) is 0 Å². The van der Waals surface area contributed by atoms with Crippen molar-refractivity contribution in [1.82, 2.24) is 4.57 Å². The lowest BCUT2D eigenvalue weighted by atomic mass is 9.81. The summed E-state index contributed by atoms with van der Waals surface area (Å²) in [4.78, 5) is 2.30.